The number of carbonyl (C=O) groups excluding carboxylic acids is 1. The molecular weight excluding hydrogens is 181 g/mol. The van der Waals surface area contributed by atoms with E-state index in [2.05, 4.69) is 5.32 Å². The van der Waals surface area contributed by atoms with Gasteiger partial charge in [-0.25, -0.2) is 4.39 Å². The molecule has 1 heterocycles. The Bertz CT molecular complexity index is 351. The molecule has 1 aliphatic heterocycles. The van der Waals surface area contributed by atoms with Crippen LogP contribution in [0.25, 0.3) is 0 Å². The van der Waals surface area contributed by atoms with E-state index in [0.717, 1.165) is 18.5 Å². The number of hydrogen-bond donors (Lipinski definition) is 1. The maximum atomic E-state index is 12.8. The number of rotatable bonds is 2. The topological polar surface area (TPSA) is 29.1 Å². The molecule has 2 rings (SSSR count). The van der Waals surface area contributed by atoms with Crippen LogP contribution in [0, 0.1) is 11.7 Å². The summed E-state index contributed by atoms with van der Waals surface area (Å²) in [5.41, 5.74) is 0.895. The quantitative estimate of drug-likeness (QED) is 0.757. The molecule has 1 N–H and O–H groups in total. The molecular formula is C11H12FNO. The third-order valence-electron chi connectivity index (χ3n) is 2.53. The van der Waals surface area contributed by atoms with Crippen LogP contribution in [0.4, 0.5) is 4.39 Å². The maximum Gasteiger partial charge on any atom is 0.223 e. The van der Waals surface area contributed by atoms with Crippen LogP contribution in [0.2, 0.25) is 0 Å². The molecule has 0 aromatic heterocycles. The van der Waals surface area contributed by atoms with Crippen molar-refractivity contribution in [1.29, 1.82) is 0 Å². The molecule has 0 unspecified atom stereocenters. The molecule has 0 bridgehead atoms. The smallest absolute Gasteiger partial charge is 0.223 e. The van der Waals surface area contributed by atoms with Gasteiger partial charge in [0.05, 0.1) is 0 Å². The van der Waals surface area contributed by atoms with Gasteiger partial charge in [0, 0.05) is 12.5 Å². The average Bonchev–Trinajstić information content (AvgIpc) is 2.52. The van der Waals surface area contributed by atoms with E-state index in [-0.39, 0.29) is 17.6 Å². The second-order valence-electron chi connectivity index (χ2n) is 3.61. The van der Waals surface area contributed by atoms with Gasteiger partial charge in [-0.2, -0.15) is 0 Å². The number of halogens is 1. The van der Waals surface area contributed by atoms with E-state index in [1.54, 1.807) is 6.07 Å². The fraction of sp³-hybridized carbons (Fsp3) is 0.364. The van der Waals surface area contributed by atoms with Crippen LogP contribution < -0.4 is 5.32 Å². The lowest BCUT2D eigenvalue weighted by atomic mass is 9.98. The Hall–Kier alpha value is -1.38. The minimum absolute atomic E-state index is 0.0248. The second-order valence-corrected chi connectivity index (χ2v) is 3.61. The van der Waals surface area contributed by atoms with Gasteiger partial charge >= 0.3 is 0 Å². The van der Waals surface area contributed by atoms with Crippen LogP contribution in [0.15, 0.2) is 24.3 Å². The first-order chi connectivity index (χ1) is 6.75. The minimum atomic E-state index is -0.235. The predicted molar refractivity (Wildman–Crippen MR) is 51.2 cm³/mol. The highest BCUT2D eigenvalue weighted by Crippen LogP contribution is 2.16. The van der Waals surface area contributed by atoms with Gasteiger partial charge in [-0.05, 0) is 30.5 Å². The molecule has 2 nitrogen and oxygen atoms in total. The zero-order valence-corrected chi connectivity index (χ0v) is 7.79. The summed E-state index contributed by atoms with van der Waals surface area (Å²) in [6.45, 7) is 0.749. The molecule has 0 spiro atoms. The lowest BCUT2D eigenvalue weighted by Crippen LogP contribution is -2.20. The van der Waals surface area contributed by atoms with Gasteiger partial charge in [0.25, 0.3) is 0 Å². The first-order valence-corrected chi connectivity index (χ1v) is 4.78. The monoisotopic (exact) mass is 193 g/mol. The van der Waals surface area contributed by atoms with Gasteiger partial charge in [0.2, 0.25) is 5.91 Å². The van der Waals surface area contributed by atoms with E-state index in [0.29, 0.717) is 6.42 Å². The Morgan fingerprint density at radius 1 is 1.50 bits per heavy atom. The molecule has 14 heavy (non-hydrogen) atoms. The largest absolute Gasteiger partial charge is 0.356 e. The van der Waals surface area contributed by atoms with Gasteiger partial charge in [0.1, 0.15) is 5.82 Å². The van der Waals surface area contributed by atoms with E-state index in [1.165, 1.54) is 12.1 Å². The Balaban J connectivity index is 2.07. The van der Waals surface area contributed by atoms with Gasteiger partial charge in [0.15, 0.2) is 0 Å². The summed E-state index contributed by atoms with van der Waals surface area (Å²) >= 11 is 0. The summed E-state index contributed by atoms with van der Waals surface area (Å²) < 4.78 is 12.8. The van der Waals surface area contributed by atoms with Crippen LogP contribution in [0.5, 0.6) is 0 Å². The fourth-order valence-corrected chi connectivity index (χ4v) is 1.79. The van der Waals surface area contributed by atoms with E-state index >= 15 is 0 Å². The highest BCUT2D eigenvalue weighted by molar-refractivity contribution is 5.80. The van der Waals surface area contributed by atoms with Crippen LogP contribution in [0.1, 0.15) is 12.0 Å². The maximum absolute atomic E-state index is 12.8. The Morgan fingerprint density at radius 3 is 3.00 bits per heavy atom. The molecule has 1 amide bonds. The van der Waals surface area contributed by atoms with Crippen molar-refractivity contribution in [3.63, 3.8) is 0 Å². The molecule has 1 aromatic rings. The normalized spacial score (nSPS) is 20.9. The van der Waals surface area contributed by atoms with E-state index in [1.807, 2.05) is 6.07 Å². The van der Waals surface area contributed by atoms with E-state index < -0.39 is 0 Å². The summed E-state index contributed by atoms with van der Waals surface area (Å²) in [6.07, 6.45) is 1.50. The summed E-state index contributed by atoms with van der Waals surface area (Å²) in [4.78, 5) is 11.3. The van der Waals surface area contributed by atoms with Crippen LogP contribution in [0.3, 0.4) is 0 Å². The number of nitrogens with one attached hydrogen (secondary N) is 1. The summed E-state index contributed by atoms with van der Waals surface area (Å²) in [6, 6.07) is 6.44. The number of benzene rings is 1. The first kappa shape index (κ1) is 9.19. The fourth-order valence-electron chi connectivity index (χ4n) is 1.79. The van der Waals surface area contributed by atoms with Crippen LogP contribution in [-0.4, -0.2) is 12.5 Å². The number of amides is 1. The third kappa shape index (κ3) is 1.92. The van der Waals surface area contributed by atoms with Crippen LogP contribution in [-0.2, 0) is 11.2 Å². The molecule has 3 heteroatoms. The van der Waals surface area contributed by atoms with Crippen molar-refractivity contribution in [3.8, 4) is 0 Å². The van der Waals surface area contributed by atoms with E-state index in [4.69, 9.17) is 0 Å². The Morgan fingerprint density at radius 2 is 2.36 bits per heavy atom. The SMILES string of the molecule is O=C1NCC[C@@H]1Cc1cccc(F)c1. The molecule has 1 fully saturated rings. The lowest BCUT2D eigenvalue weighted by Gasteiger charge is -2.06. The predicted octanol–water partition coefficient (Wildman–Crippen LogP) is 1.50. The Labute approximate surface area is 82.1 Å². The lowest BCUT2D eigenvalue weighted by molar-refractivity contribution is -0.122. The molecule has 1 aromatic carbocycles. The third-order valence-corrected chi connectivity index (χ3v) is 2.53. The van der Waals surface area contributed by atoms with Gasteiger partial charge in [-0.1, -0.05) is 12.1 Å². The number of carbonyl (C=O) groups is 1. The van der Waals surface area contributed by atoms with Gasteiger partial charge < -0.3 is 5.32 Å². The van der Waals surface area contributed by atoms with Crippen LogP contribution >= 0.6 is 0 Å². The number of hydrogen-bond acceptors (Lipinski definition) is 1. The first-order valence-electron chi connectivity index (χ1n) is 4.78. The molecule has 0 radical (unpaired) electrons. The minimum Gasteiger partial charge on any atom is -0.356 e. The van der Waals surface area contributed by atoms with Crippen molar-refractivity contribution >= 4 is 5.91 Å². The second kappa shape index (κ2) is 3.78. The van der Waals surface area contributed by atoms with Crippen molar-refractivity contribution in [2.75, 3.05) is 6.54 Å². The Kier molecular flexibility index (Phi) is 2.48. The van der Waals surface area contributed by atoms with Gasteiger partial charge in [-0.15, -0.1) is 0 Å². The van der Waals surface area contributed by atoms with E-state index in [9.17, 15) is 9.18 Å². The standard InChI is InChI=1S/C11H12FNO/c12-10-3-1-2-8(7-10)6-9-4-5-13-11(9)14/h1-3,7,9H,4-6H2,(H,13,14)/t9-/m1/s1. The highest BCUT2D eigenvalue weighted by Gasteiger charge is 2.23. The van der Waals surface area contributed by atoms with Crippen molar-refractivity contribution in [1.82, 2.24) is 5.32 Å². The summed E-state index contributed by atoms with van der Waals surface area (Å²) in [7, 11) is 0. The van der Waals surface area contributed by atoms with Crippen molar-refractivity contribution in [2.45, 2.75) is 12.8 Å². The van der Waals surface area contributed by atoms with Crippen molar-refractivity contribution < 1.29 is 9.18 Å². The molecule has 1 saturated heterocycles. The van der Waals surface area contributed by atoms with Gasteiger partial charge in [-0.3, -0.25) is 4.79 Å². The zero-order valence-electron chi connectivity index (χ0n) is 7.79. The molecule has 1 aliphatic rings. The highest BCUT2D eigenvalue weighted by atomic mass is 19.1. The molecule has 0 aliphatic carbocycles. The van der Waals surface area contributed by atoms with Crippen molar-refractivity contribution in [2.24, 2.45) is 5.92 Å². The average molecular weight is 193 g/mol. The zero-order chi connectivity index (χ0) is 9.97. The molecule has 74 valence electrons. The molecule has 1 atom stereocenters. The summed E-state index contributed by atoms with van der Waals surface area (Å²) in [5, 5.41) is 2.77. The van der Waals surface area contributed by atoms with Crippen molar-refractivity contribution in [3.05, 3.63) is 35.6 Å². The molecule has 0 saturated carbocycles. The summed E-state index contributed by atoms with van der Waals surface area (Å²) in [5.74, 6) is -0.119.